The van der Waals surface area contributed by atoms with Gasteiger partial charge in [0.2, 0.25) is 0 Å². The van der Waals surface area contributed by atoms with Crippen molar-refractivity contribution in [1.82, 2.24) is 0 Å². The number of aryl methyl sites for hydroxylation is 1. The Balaban J connectivity index is 1.62. The zero-order valence-electron chi connectivity index (χ0n) is 14.7. The number of carbonyl (C=O) groups excluding carboxylic acids is 1. The molecule has 3 aromatic rings. The maximum absolute atomic E-state index is 11.7. The number of methoxy groups -OCH3 is 1. The van der Waals surface area contributed by atoms with Crippen molar-refractivity contribution >= 4 is 12.0 Å². The lowest BCUT2D eigenvalue weighted by Crippen LogP contribution is -2.09. The summed E-state index contributed by atoms with van der Waals surface area (Å²) in [6.45, 7) is 0. The predicted octanol–water partition coefficient (Wildman–Crippen LogP) is 5.52. The summed E-state index contributed by atoms with van der Waals surface area (Å²) < 4.78 is 4.84. The molecule has 26 heavy (non-hydrogen) atoms. The fourth-order valence-corrected chi connectivity index (χ4v) is 3.45. The van der Waals surface area contributed by atoms with Crippen LogP contribution in [0, 0.1) is 0 Å². The minimum absolute atomic E-state index is 0.226. The quantitative estimate of drug-likeness (QED) is 0.587. The van der Waals surface area contributed by atoms with Gasteiger partial charge in [-0.2, -0.15) is 0 Å². The molecule has 1 aliphatic carbocycles. The molecule has 0 unspecified atom stereocenters. The van der Waals surface area contributed by atoms with E-state index >= 15 is 0 Å². The van der Waals surface area contributed by atoms with Gasteiger partial charge in [0.25, 0.3) is 0 Å². The molecule has 0 saturated heterocycles. The number of hydrogen-bond donors (Lipinski definition) is 0. The molecule has 0 heterocycles. The van der Waals surface area contributed by atoms with Crippen LogP contribution in [0.25, 0.3) is 28.3 Å². The van der Waals surface area contributed by atoms with Gasteiger partial charge < -0.3 is 4.74 Å². The summed E-state index contributed by atoms with van der Waals surface area (Å²) >= 11 is 0. The maximum Gasteiger partial charge on any atom is 0.333 e. The third kappa shape index (κ3) is 3.18. The average molecular weight is 340 g/mol. The molecule has 128 valence electrons. The van der Waals surface area contributed by atoms with Crippen molar-refractivity contribution < 1.29 is 9.53 Å². The first-order valence-electron chi connectivity index (χ1n) is 8.82. The molecule has 0 amide bonds. The molecule has 0 radical (unpaired) electrons. The Bertz CT molecular complexity index is 967. The lowest BCUT2D eigenvalue weighted by molar-refractivity contribution is -0.136. The van der Waals surface area contributed by atoms with Gasteiger partial charge in [-0.1, -0.05) is 72.8 Å². The van der Waals surface area contributed by atoms with Gasteiger partial charge in [0, 0.05) is 5.57 Å². The monoisotopic (exact) mass is 340 g/mol. The molecule has 0 spiro atoms. The summed E-state index contributed by atoms with van der Waals surface area (Å²) in [5.41, 5.74) is 8.00. The first kappa shape index (κ1) is 16.3. The summed E-state index contributed by atoms with van der Waals surface area (Å²) in [5.74, 6) is -0.226. The molecule has 4 rings (SSSR count). The summed E-state index contributed by atoms with van der Waals surface area (Å²) in [4.78, 5) is 11.7. The van der Waals surface area contributed by atoms with Crippen LogP contribution in [0.2, 0.25) is 0 Å². The summed E-state index contributed by atoms with van der Waals surface area (Å²) in [5, 5.41) is 0. The lowest BCUT2D eigenvalue weighted by atomic mass is 9.89. The predicted molar refractivity (Wildman–Crippen MR) is 106 cm³/mol. The molecule has 3 aromatic carbocycles. The Morgan fingerprint density at radius 1 is 0.769 bits per heavy atom. The van der Waals surface area contributed by atoms with Crippen LogP contribution in [0.3, 0.4) is 0 Å². The molecule has 0 saturated carbocycles. The van der Waals surface area contributed by atoms with E-state index in [4.69, 9.17) is 4.74 Å². The normalized spacial score (nSPS) is 12.9. The summed E-state index contributed by atoms with van der Waals surface area (Å²) in [6, 6.07) is 25.5. The minimum Gasteiger partial charge on any atom is -0.466 e. The number of ether oxygens (including phenoxy) is 1. The number of hydrogen-bond acceptors (Lipinski definition) is 2. The van der Waals surface area contributed by atoms with Gasteiger partial charge in [0.15, 0.2) is 0 Å². The van der Waals surface area contributed by atoms with Crippen LogP contribution in [0.4, 0.5) is 0 Å². The molecular formula is C24H20O2. The van der Waals surface area contributed by atoms with Crippen molar-refractivity contribution in [2.45, 2.75) is 12.8 Å². The Hall–Kier alpha value is -3.13. The van der Waals surface area contributed by atoms with E-state index in [0.717, 1.165) is 24.0 Å². The van der Waals surface area contributed by atoms with E-state index in [9.17, 15) is 4.79 Å². The molecule has 2 heteroatoms. The Labute approximate surface area is 153 Å². The van der Waals surface area contributed by atoms with Crippen LogP contribution in [0.15, 0.2) is 78.4 Å². The molecule has 0 bridgehead atoms. The molecule has 2 nitrogen and oxygen atoms in total. The fraction of sp³-hybridized carbons (Fsp3) is 0.125. The van der Waals surface area contributed by atoms with E-state index in [2.05, 4.69) is 66.7 Å². The number of carbonyl (C=O) groups is 1. The van der Waals surface area contributed by atoms with Gasteiger partial charge in [0.1, 0.15) is 0 Å². The van der Waals surface area contributed by atoms with E-state index in [1.807, 2.05) is 12.1 Å². The Morgan fingerprint density at radius 2 is 1.38 bits per heavy atom. The molecule has 0 aromatic heterocycles. The second-order valence-corrected chi connectivity index (χ2v) is 6.52. The van der Waals surface area contributed by atoms with Crippen molar-refractivity contribution in [3.63, 3.8) is 0 Å². The first-order valence-corrected chi connectivity index (χ1v) is 8.82. The number of esters is 1. The van der Waals surface area contributed by atoms with Crippen LogP contribution in [-0.4, -0.2) is 13.1 Å². The summed E-state index contributed by atoms with van der Waals surface area (Å²) in [6.07, 6.45) is 3.55. The van der Waals surface area contributed by atoms with Crippen molar-refractivity contribution in [1.29, 1.82) is 0 Å². The molecule has 0 aliphatic heterocycles. The average Bonchev–Trinajstić information content (AvgIpc) is 2.73. The van der Waals surface area contributed by atoms with Gasteiger partial charge in [-0.15, -0.1) is 0 Å². The lowest BCUT2D eigenvalue weighted by Gasteiger charge is -2.16. The van der Waals surface area contributed by atoms with Crippen LogP contribution in [-0.2, 0) is 16.0 Å². The van der Waals surface area contributed by atoms with E-state index in [1.54, 1.807) is 0 Å². The van der Waals surface area contributed by atoms with Gasteiger partial charge in [-0.3, -0.25) is 0 Å². The van der Waals surface area contributed by atoms with Crippen molar-refractivity contribution in [3.05, 3.63) is 89.5 Å². The van der Waals surface area contributed by atoms with Gasteiger partial charge in [-0.25, -0.2) is 4.79 Å². The van der Waals surface area contributed by atoms with Gasteiger partial charge in [-0.05, 0) is 52.3 Å². The smallest absolute Gasteiger partial charge is 0.333 e. The second-order valence-electron chi connectivity index (χ2n) is 6.52. The number of rotatable bonds is 3. The third-order valence-electron chi connectivity index (χ3n) is 4.91. The maximum atomic E-state index is 11.7. The van der Waals surface area contributed by atoms with Crippen LogP contribution < -0.4 is 0 Å². The third-order valence-corrected chi connectivity index (χ3v) is 4.91. The number of fused-ring (bicyclic) bond motifs is 1. The molecule has 1 aliphatic rings. The second kappa shape index (κ2) is 7.01. The highest BCUT2D eigenvalue weighted by Gasteiger charge is 2.17. The van der Waals surface area contributed by atoms with Crippen molar-refractivity contribution in [2.24, 2.45) is 0 Å². The minimum atomic E-state index is -0.226. The SMILES string of the molecule is COC(=O)C1=Cc2ccc(-c3ccc(-c4ccccc4)cc3)cc2CC1. The Morgan fingerprint density at radius 3 is 2.08 bits per heavy atom. The highest BCUT2D eigenvalue weighted by atomic mass is 16.5. The van der Waals surface area contributed by atoms with Crippen LogP contribution >= 0.6 is 0 Å². The molecule has 0 atom stereocenters. The summed E-state index contributed by atoms with van der Waals surface area (Å²) in [7, 11) is 1.43. The van der Waals surface area contributed by atoms with Gasteiger partial charge in [0.05, 0.1) is 7.11 Å². The zero-order valence-corrected chi connectivity index (χ0v) is 14.7. The van der Waals surface area contributed by atoms with Crippen molar-refractivity contribution in [2.75, 3.05) is 7.11 Å². The molecule has 0 fully saturated rings. The van der Waals surface area contributed by atoms with Gasteiger partial charge >= 0.3 is 5.97 Å². The molecular weight excluding hydrogens is 320 g/mol. The fourth-order valence-electron chi connectivity index (χ4n) is 3.45. The molecule has 0 N–H and O–H groups in total. The number of benzene rings is 3. The Kier molecular flexibility index (Phi) is 4.40. The first-order chi connectivity index (χ1) is 12.7. The van der Waals surface area contributed by atoms with E-state index in [1.165, 1.54) is 34.9 Å². The van der Waals surface area contributed by atoms with E-state index in [0.29, 0.717) is 0 Å². The highest BCUT2D eigenvalue weighted by Crippen LogP contribution is 2.30. The zero-order chi connectivity index (χ0) is 17.9. The van der Waals surface area contributed by atoms with E-state index in [-0.39, 0.29) is 5.97 Å². The topological polar surface area (TPSA) is 26.3 Å². The van der Waals surface area contributed by atoms with Crippen LogP contribution in [0.5, 0.6) is 0 Å². The van der Waals surface area contributed by atoms with E-state index < -0.39 is 0 Å². The standard InChI is InChI=1S/C24H20O2/c1-26-24(25)23-14-13-21-15-20(11-12-22(21)16-23)19-9-7-18(8-10-19)17-5-3-2-4-6-17/h2-12,15-16H,13-14H2,1H3. The highest BCUT2D eigenvalue weighted by molar-refractivity contribution is 5.94. The largest absolute Gasteiger partial charge is 0.466 e. The van der Waals surface area contributed by atoms with Crippen LogP contribution in [0.1, 0.15) is 17.5 Å². The van der Waals surface area contributed by atoms with Crippen molar-refractivity contribution in [3.8, 4) is 22.3 Å².